The van der Waals surface area contributed by atoms with Gasteiger partial charge < -0.3 is 15.3 Å². The highest BCUT2D eigenvalue weighted by Crippen LogP contribution is 2.30. The standard InChI is InChI=1S/C15H24O3/c1-5-13(17)14(18)8-11(4)15-9(2)6-12(16)7-10(15)3/h6-7,11,13-14,16-18H,5,8H2,1-4H3. The molecule has 0 aromatic heterocycles. The maximum atomic E-state index is 9.89. The second-order valence-corrected chi connectivity index (χ2v) is 5.17. The zero-order valence-electron chi connectivity index (χ0n) is 11.6. The van der Waals surface area contributed by atoms with Gasteiger partial charge in [-0.05, 0) is 61.4 Å². The lowest BCUT2D eigenvalue weighted by Crippen LogP contribution is -2.26. The Hall–Kier alpha value is -1.06. The van der Waals surface area contributed by atoms with Gasteiger partial charge in [-0.3, -0.25) is 0 Å². The van der Waals surface area contributed by atoms with Gasteiger partial charge in [0.05, 0.1) is 12.2 Å². The summed E-state index contributed by atoms with van der Waals surface area (Å²) in [5.74, 6) is 0.428. The van der Waals surface area contributed by atoms with Gasteiger partial charge in [-0.1, -0.05) is 13.8 Å². The molecule has 0 spiro atoms. The Morgan fingerprint density at radius 3 is 2.00 bits per heavy atom. The largest absolute Gasteiger partial charge is 0.508 e. The highest BCUT2D eigenvalue weighted by molar-refractivity contribution is 5.42. The topological polar surface area (TPSA) is 60.7 Å². The van der Waals surface area contributed by atoms with E-state index in [9.17, 15) is 15.3 Å². The molecule has 18 heavy (non-hydrogen) atoms. The van der Waals surface area contributed by atoms with Crippen molar-refractivity contribution in [1.29, 1.82) is 0 Å². The van der Waals surface area contributed by atoms with Crippen molar-refractivity contribution in [2.45, 2.75) is 58.7 Å². The van der Waals surface area contributed by atoms with Gasteiger partial charge in [-0.2, -0.15) is 0 Å². The van der Waals surface area contributed by atoms with Crippen molar-refractivity contribution >= 4 is 0 Å². The van der Waals surface area contributed by atoms with Gasteiger partial charge in [-0.15, -0.1) is 0 Å². The van der Waals surface area contributed by atoms with Crippen LogP contribution in [0.3, 0.4) is 0 Å². The first-order valence-corrected chi connectivity index (χ1v) is 6.53. The molecule has 1 aromatic carbocycles. The van der Waals surface area contributed by atoms with Crippen LogP contribution in [0.5, 0.6) is 5.75 Å². The van der Waals surface area contributed by atoms with Crippen LogP contribution in [0.2, 0.25) is 0 Å². The van der Waals surface area contributed by atoms with Crippen LogP contribution in [0.25, 0.3) is 0 Å². The molecule has 0 fully saturated rings. The molecule has 0 aliphatic carbocycles. The van der Waals surface area contributed by atoms with Gasteiger partial charge >= 0.3 is 0 Å². The van der Waals surface area contributed by atoms with Crippen LogP contribution < -0.4 is 0 Å². The monoisotopic (exact) mass is 252 g/mol. The number of aliphatic hydroxyl groups excluding tert-OH is 2. The molecule has 0 saturated heterocycles. The van der Waals surface area contributed by atoms with E-state index in [4.69, 9.17) is 0 Å². The number of aryl methyl sites for hydroxylation is 2. The van der Waals surface area contributed by atoms with E-state index in [2.05, 4.69) is 0 Å². The molecule has 1 aromatic rings. The number of hydrogen-bond acceptors (Lipinski definition) is 3. The Labute approximate surface area is 109 Å². The third kappa shape index (κ3) is 3.47. The quantitative estimate of drug-likeness (QED) is 0.755. The molecule has 3 unspecified atom stereocenters. The molecule has 3 N–H and O–H groups in total. The minimum absolute atomic E-state index is 0.154. The fourth-order valence-corrected chi connectivity index (χ4v) is 2.64. The normalized spacial score (nSPS) is 16.3. The summed E-state index contributed by atoms with van der Waals surface area (Å²) in [4.78, 5) is 0. The summed E-state index contributed by atoms with van der Waals surface area (Å²) in [6, 6.07) is 3.48. The lowest BCUT2D eigenvalue weighted by Gasteiger charge is -2.23. The molecule has 3 nitrogen and oxygen atoms in total. The number of benzene rings is 1. The minimum atomic E-state index is -0.697. The van der Waals surface area contributed by atoms with E-state index in [-0.39, 0.29) is 11.7 Å². The predicted molar refractivity (Wildman–Crippen MR) is 72.9 cm³/mol. The molecule has 0 bridgehead atoms. The lowest BCUT2D eigenvalue weighted by atomic mass is 9.87. The first kappa shape index (κ1) is 15.0. The van der Waals surface area contributed by atoms with Crippen molar-refractivity contribution in [3.63, 3.8) is 0 Å². The number of aromatic hydroxyl groups is 1. The smallest absolute Gasteiger partial charge is 0.116 e. The van der Waals surface area contributed by atoms with E-state index in [0.29, 0.717) is 12.8 Å². The predicted octanol–water partition coefficient (Wildman–Crippen LogP) is 2.63. The Morgan fingerprint density at radius 1 is 1.06 bits per heavy atom. The Morgan fingerprint density at radius 2 is 1.56 bits per heavy atom. The van der Waals surface area contributed by atoms with Gasteiger partial charge in [0, 0.05) is 0 Å². The average molecular weight is 252 g/mol. The Kier molecular flexibility index (Phi) is 5.17. The first-order valence-electron chi connectivity index (χ1n) is 6.53. The fourth-order valence-electron chi connectivity index (χ4n) is 2.64. The number of phenolic OH excluding ortho intramolecular Hbond substituents is 1. The molecular formula is C15H24O3. The summed E-state index contributed by atoms with van der Waals surface area (Å²) >= 11 is 0. The number of aliphatic hydroxyl groups is 2. The molecule has 0 amide bonds. The number of hydrogen-bond donors (Lipinski definition) is 3. The van der Waals surface area contributed by atoms with Crippen molar-refractivity contribution < 1.29 is 15.3 Å². The van der Waals surface area contributed by atoms with E-state index in [1.54, 1.807) is 12.1 Å². The van der Waals surface area contributed by atoms with E-state index in [1.807, 2.05) is 27.7 Å². The number of rotatable bonds is 5. The van der Waals surface area contributed by atoms with Crippen molar-refractivity contribution in [1.82, 2.24) is 0 Å². The Bertz CT molecular complexity index is 378. The van der Waals surface area contributed by atoms with Gasteiger partial charge in [0.2, 0.25) is 0 Å². The SMILES string of the molecule is CCC(O)C(O)CC(C)c1c(C)cc(O)cc1C. The summed E-state index contributed by atoms with van der Waals surface area (Å²) < 4.78 is 0. The molecule has 1 rings (SSSR count). The molecule has 0 aliphatic rings. The van der Waals surface area contributed by atoms with Crippen molar-refractivity contribution in [3.05, 3.63) is 28.8 Å². The highest BCUT2D eigenvalue weighted by atomic mass is 16.3. The summed E-state index contributed by atoms with van der Waals surface area (Å²) in [6.45, 7) is 7.82. The second kappa shape index (κ2) is 6.21. The first-order chi connectivity index (χ1) is 8.36. The summed E-state index contributed by atoms with van der Waals surface area (Å²) in [7, 11) is 0. The molecular weight excluding hydrogens is 228 g/mol. The zero-order chi connectivity index (χ0) is 13.9. The van der Waals surface area contributed by atoms with E-state index in [1.165, 1.54) is 0 Å². The van der Waals surface area contributed by atoms with E-state index < -0.39 is 12.2 Å². The summed E-state index contributed by atoms with van der Waals surface area (Å²) in [6.07, 6.45) is -0.272. The molecule has 3 heteroatoms. The number of phenols is 1. The van der Waals surface area contributed by atoms with Gasteiger partial charge in [0.25, 0.3) is 0 Å². The second-order valence-electron chi connectivity index (χ2n) is 5.17. The summed E-state index contributed by atoms with van der Waals surface area (Å²) in [5, 5.41) is 29.0. The van der Waals surface area contributed by atoms with Crippen molar-refractivity contribution in [2.75, 3.05) is 0 Å². The lowest BCUT2D eigenvalue weighted by molar-refractivity contribution is 0.00948. The third-order valence-corrected chi connectivity index (χ3v) is 3.53. The van der Waals surface area contributed by atoms with Crippen LogP contribution in [-0.4, -0.2) is 27.5 Å². The van der Waals surface area contributed by atoms with Gasteiger partial charge in [0.1, 0.15) is 5.75 Å². The molecule has 0 radical (unpaired) electrons. The van der Waals surface area contributed by atoms with Gasteiger partial charge in [-0.25, -0.2) is 0 Å². The maximum Gasteiger partial charge on any atom is 0.116 e. The Balaban J connectivity index is 2.88. The fraction of sp³-hybridized carbons (Fsp3) is 0.600. The average Bonchev–Trinajstić information content (AvgIpc) is 2.26. The van der Waals surface area contributed by atoms with Crippen molar-refractivity contribution in [2.24, 2.45) is 0 Å². The zero-order valence-corrected chi connectivity index (χ0v) is 11.6. The molecule has 0 heterocycles. The summed E-state index contributed by atoms with van der Waals surface area (Å²) in [5.41, 5.74) is 3.20. The van der Waals surface area contributed by atoms with Crippen LogP contribution in [0.15, 0.2) is 12.1 Å². The van der Waals surface area contributed by atoms with Crippen LogP contribution in [0.1, 0.15) is 49.3 Å². The van der Waals surface area contributed by atoms with E-state index >= 15 is 0 Å². The molecule has 102 valence electrons. The van der Waals surface area contributed by atoms with Gasteiger partial charge in [0.15, 0.2) is 0 Å². The third-order valence-electron chi connectivity index (χ3n) is 3.53. The molecule has 0 saturated carbocycles. The van der Waals surface area contributed by atoms with E-state index in [0.717, 1.165) is 16.7 Å². The maximum absolute atomic E-state index is 9.89. The molecule has 0 aliphatic heterocycles. The minimum Gasteiger partial charge on any atom is -0.508 e. The molecule has 3 atom stereocenters. The van der Waals surface area contributed by atoms with Crippen LogP contribution in [0, 0.1) is 13.8 Å². The van der Waals surface area contributed by atoms with Crippen LogP contribution >= 0.6 is 0 Å². The highest BCUT2D eigenvalue weighted by Gasteiger charge is 2.20. The van der Waals surface area contributed by atoms with Crippen LogP contribution in [0.4, 0.5) is 0 Å². The van der Waals surface area contributed by atoms with Crippen LogP contribution in [-0.2, 0) is 0 Å². The van der Waals surface area contributed by atoms with Crippen molar-refractivity contribution in [3.8, 4) is 5.75 Å².